The third-order valence-electron chi connectivity index (χ3n) is 4.18. The van der Waals surface area contributed by atoms with Crippen molar-refractivity contribution < 1.29 is 13.5 Å². The first kappa shape index (κ1) is 15.5. The molecule has 0 saturated carbocycles. The van der Waals surface area contributed by atoms with Gasteiger partial charge in [0.2, 0.25) is 10.0 Å². The number of hydrogen-bond donors (Lipinski definition) is 1. The second-order valence-corrected chi connectivity index (χ2v) is 7.73. The molecule has 1 aliphatic heterocycles. The van der Waals surface area contributed by atoms with Gasteiger partial charge < -0.3 is 9.67 Å². The summed E-state index contributed by atoms with van der Waals surface area (Å²) in [4.78, 5) is 0.302. The molecule has 1 N–H and O–H groups in total. The molecular formula is C14H24N2O3S. The van der Waals surface area contributed by atoms with E-state index in [9.17, 15) is 13.5 Å². The number of aryl methyl sites for hydroxylation is 1. The molecular weight excluding hydrogens is 276 g/mol. The van der Waals surface area contributed by atoms with Crippen molar-refractivity contribution in [3.8, 4) is 0 Å². The Hall–Kier alpha value is -0.850. The summed E-state index contributed by atoms with van der Waals surface area (Å²) in [5.74, 6) is 0.777. The maximum absolute atomic E-state index is 12.6. The Morgan fingerprint density at radius 1 is 1.30 bits per heavy atom. The summed E-state index contributed by atoms with van der Waals surface area (Å²) in [6, 6.07) is 1.60. The Bertz CT molecular complexity index is 555. The predicted octanol–water partition coefficient (Wildman–Crippen LogP) is 1.67. The number of aliphatic hydroxyl groups is 1. The molecule has 1 saturated heterocycles. The van der Waals surface area contributed by atoms with Crippen molar-refractivity contribution >= 4 is 10.0 Å². The molecule has 2 heterocycles. The van der Waals surface area contributed by atoms with E-state index < -0.39 is 10.0 Å². The Labute approximate surface area is 121 Å². The highest BCUT2D eigenvalue weighted by atomic mass is 32.2. The summed E-state index contributed by atoms with van der Waals surface area (Å²) in [7, 11) is -3.43. The first-order valence-electron chi connectivity index (χ1n) is 7.20. The molecule has 20 heavy (non-hydrogen) atoms. The summed E-state index contributed by atoms with van der Waals surface area (Å²) < 4.78 is 28.7. The highest BCUT2D eigenvalue weighted by Gasteiger charge is 2.35. The number of aromatic nitrogens is 1. The Morgan fingerprint density at radius 2 is 1.90 bits per heavy atom. The van der Waals surface area contributed by atoms with Crippen LogP contribution in [-0.2, 0) is 23.2 Å². The fourth-order valence-corrected chi connectivity index (χ4v) is 4.38. The van der Waals surface area contributed by atoms with Gasteiger partial charge in [-0.15, -0.1) is 0 Å². The molecule has 2 atom stereocenters. The zero-order chi connectivity index (χ0) is 14.9. The van der Waals surface area contributed by atoms with Crippen LogP contribution in [0.1, 0.15) is 32.9 Å². The van der Waals surface area contributed by atoms with Crippen LogP contribution in [0.25, 0.3) is 0 Å². The number of rotatable bonds is 5. The van der Waals surface area contributed by atoms with Gasteiger partial charge in [-0.2, -0.15) is 4.31 Å². The second kappa shape index (κ2) is 5.87. The van der Waals surface area contributed by atoms with Crippen molar-refractivity contribution in [2.24, 2.45) is 11.8 Å². The van der Waals surface area contributed by atoms with Crippen LogP contribution in [-0.4, -0.2) is 35.5 Å². The molecule has 1 fully saturated rings. The van der Waals surface area contributed by atoms with E-state index in [0.717, 1.165) is 13.0 Å². The van der Waals surface area contributed by atoms with Gasteiger partial charge >= 0.3 is 0 Å². The van der Waals surface area contributed by atoms with Gasteiger partial charge in [-0.25, -0.2) is 8.42 Å². The van der Waals surface area contributed by atoms with E-state index in [-0.39, 0.29) is 6.61 Å². The highest BCUT2D eigenvalue weighted by molar-refractivity contribution is 7.89. The molecule has 0 amide bonds. The number of nitrogens with zero attached hydrogens (tertiary/aromatic N) is 2. The lowest BCUT2D eigenvalue weighted by molar-refractivity contribution is 0.270. The minimum atomic E-state index is -3.43. The summed E-state index contributed by atoms with van der Waals surface area (Å²) >= 11 is 0. The van der Waals surface area contributed by atoms with Gasteiger partial charge in [-0.3, -0.25) is 0 Å². The third kappa shape index (κ3) is 2.77. The minimum Gasteiger partial charge on any atom is -0.390 e. The van der Waals surface area contributed by atoms with Crippen LogP contribution in [0.3, 0.4) is 0 Å². The average molecular weight is 300 g/mol. The molecule has 0 radical (unpaired) electrons. The van der Waals surface area contributed by atoms with E-state index in [2.05, 4.69) is 13.8 Å². The average Bonchev–Trinajstić information content (AvgIpc) is 2.95. The molecule has 0 spiro atoms. The number of sulfonamides is 1. The summed E-state index contributed by atoms with van der Waals surface area (Å²) in [5, 5.41) is 9.34. The van der Waals surface area contributed by atoms with Gasteiger partial charge in [-0.1, -0.05) is 20.8 Å². The largest absolute Gasteiger partial charge is 0.390 e. The first-order valence-corrected chi connectivity index (χ1v) is 8.64. The Morgan fingerprint density at radius 3 is 2.40 bits per heavy atom. The van der Waals surface area contributed by atoms with E-state index in [1.54, 1.807) is 16.6 Å². The van der Waals surface area contributed by atoms with Gasteiger partial charge in [-0.05, 0) is 24.3 Å². The lowest BCUT2D eigenvalue weighted by Crippen LogP contribution is -2.28. The molecule has 0 aromatic carbocycles. The van der Waals surface area contributed by atoms with Crippen molar-refractivity contribution in [3.05, 3.63) is 18.0 Å². The Balaban J connectivity index is 2.30. The third-order valence-corrected chi connectivity index (χ3v) is 5.98. The van der Waals surface area contributed by atoms with Crippen LogP contribution >= 0.6 is 0 Å². The summed E-state index contributed by atoms with van der Waals surface area (Å²) in [6.45, 7) is 7.94. The predicted molar refractivity (Wildman–Crippen MR) is 77.7 cm³/mol. The van der Waals surface area contributed by atoms with Crippen molar-refractivity contribution in [2.75, 3.05) is 13.1 Å². The smallest absolute Gasteiger partial charge is 0.244 e. The molecule has 0 aliphatic carbocycles. The van der Waals surface area contributed by atoms with Crippen LogP contribution in [0, 0.1) is 11.8 Å². The van der Waals surface area contributed by atoms with Crippen LogP contribution in [0.4, 0.5) is 0 Å². The molecule has 0 bridgehead atoms. The molecule has 1 aromatic rings. The fourth-order valence-electron chi connectivity index (χ4n) is 2.67. The standard InChI is InChI=1S/C14H24N2O3S/c1-4-5-15-9-14(6-13(15)10-17)20(18,19)16-7-11(2)12(3)8-16/h6,9,11-12,17H,4-5,7-8,10H2,1-3H3. The molecule has 1 aromatic heterocycles. The van der Waals surface area contributed by atoms with Gasteiger partial charge in [0.05, 0.1) is 6.61 Å². The van der Waals surface area contributed by atoms with E-state index in [4.69, 9.17) is 0 Å². The van der Waals surface area contributed by atoms with E-state index >= 15 is 0 Å². The number of aliphatic hydroxyl groups excluding tert-OH is 1. The van der Waals surface area contributed by atoms with Crippen molar-refractivity contribution in [1.29, 1.82) is 0 Å². The maximum Gasteiger partial charge on any atom is 0.244 e. The van der Waals surface area contributed by atoms with E-state index in [1.165, 1.54) is 0 Å². The molecule has 114 valence electrons. The van der Waals surface area contributed by atoms with Crippen molar-refractivity contribution in [2.45, 2.75) is 45.2 Å². The zero-order valence-corrected chi connectivity index (χ0v) is 13.2. The van der Waals surface area contributed by atoms with Gasteiger partial charge in [0.1, 0.15) is 4.90 Å². The van der Waals surface area contributed by atoms with Gasteiger partial charge in [0.15, 0.2) is 0 Å². The van der Waals surface area contributed by atoms with Crippen LogP contribution < -0.4 is 0 Å². The second-order valence-electron chi connectivity index (χ2n) is 5.80. The summed E-state index contributed by atoms with van der Waals surface area (Å²) in [6.07, 6.45) is 2.55. The van der Waals surface area contributed by atoms with Crippen LogP contribution in [0.2, 0.25) is 0 Å². The first-order chi connectivity index (χ1) is 9.40. The van der Waals surface area contributed by atoms with Gasteiger partial charge in [0.25, 0.3) is 0 Å². The van der Waals surface area contributed by atoms with E-state index in [0.29, 0.717) is 35.5 Å². The van der Waals surface area contributed by atoms with Crippen molar-refractivity contribution in [1.82, 2.24) is 8.87 Å². The van der Waals surface area contributed by atoms with E-state index in [1.807, 2.05) is 11.5 Å². The van der Waals surface area contributed by atoms with Crippen LogP contribution in [0.5, 0.6) is 0 Å². The Kier molecular flexibility index (Phi) is 4.56. The summed E-state index contributed by atoms with van der Waals surface area (Å²) in [5.41, 5.74) is 0.658. The topological polar surface area (TPSA) is 62.5 Å². The SMILES string of the molecule is CCCn1cc(S(=O)(=O)N2CC(C)C(C)C2)cc1CO. The van der Waals surface area contributed by atoms with Crippen LogP contribution in [0.15, 0.2) is 17.2 Å². The highest BCUT2D eigenvalue weighted by Crippen LogP contribution is 2.28. The monoisotopic (exact) mass is 300 g/mol. The quantitative estimate of drug-likeness (QED) is 0.899. The lowest BCUT2D eigenvalue weighted by atomic mass is 10.0. The van der Waals surface area contributed by atoms with Crippen molar-refractivity contribution in [3.63, 3.8) is 0 Å². The molecule has 2 rings (SSSR count). The van der Waals surface area contributed by atoms with Gasteiger partial charge in [0, 0.05) is 31.5 Å². The minimum absolute atomic E-state index is 0.137. The lowest BCUT2D eigenvalue weighted by Gasteiger charge is -2.14. The number of hydrogen-bond acceptors (Lipinski definition) is 3. The normalized spacial score (nSPS) is 24.4. The molecule has 6 heteroatoms. The molecule has 5 nitrogen and oxygen atoms in total. The maximum atomic E-state index is 12.6. The fraction of sp³-hybridized carbons (Fsp3) is 0.714. The molecule has 1 aliphatic rings. The zero-order valence-electron chi connectivity index (χ0n) is 12.4. The molecule has 2 unspecified atom stereocenters.